The van der Waals surface area contributed by atoms with Gasteiger partial charge in [0.1, 0.15) is 13.1 Å². The Hall–Kier alpha value is -0.900. The van der Waals surface area contributed by atoms with Crippen molar-refractivity contribution in [2.24, 2.45) is 4.99 Å². The average molecular weight is 282 g/mol. The number of quaternary nitrogens is 1. The third kappa shape index (κ3) is 6.04. The van der Waals surface area contributed by atoms with Gasteiger partial charge in [-0.25, -0.2) is 4.99 Å². The Labute approximate surface area is 123 Å². The summed E-state index contributed by atoms with van der Waals surface area (Å²) >= 11 is 0. The molecular weight excluding hydrogens is 252 g/mol. The maximum atomic E-state index is 10.8. The Balaban J connectivity index is 2.13. The smallest absolute Gasteiger partial charge is 0.198 e. The Morgan fingerprint density at radius 2 is 1.75 bits per heavy atom. The Morgan fingerprint density at radius 3 is 2.35 bits per heavy atom. The van der Waals surface area contributed by atoms with Crippen molar-refractivity contribution in [2.45, 2.75) is 64.7 Å². The van der Waals surface area contributed by atoms with Crippen molar-refractivity contribution < 1.29 is 14.4 Å². The quantitative estimate of drug-likeness (QED) is 0.430. The molecule has 4 nitrogen and oxygen atoms in total. The maximum absolute atomic E-state index is 10.8. The molecule has 0 aromatic carbocycles. The number of unbranched alkanes of at least 4 members (excludes halogenated alkanes) is 7. The van der Waals surface area contributed by atoms with E-state index in [0.717, 1.165) is 31.8 Å². The van der Waals surface area contributed by atoms with Gasteiger partial charge in [-0.1, -0.05) is 51.9 Å². The largest absolute Gasteiger partial charge is 0.544 e. The van der Waals surface area contributed by atoms with E-state index in [1.165, 1.54) is 44.9 Å². The molecule has 0 aliphatic carbocycles. The topological polar surface area (TPSA) is 52.5 Å². The van der Waals surface area contributed by atoms with Crippen LogP contribution in [0, 0.1) is 0 Å². The highest BCUT2D eigenvalue weighted by molar-refractivity contribution is 5.79. The highest BCUT2D eigenvalue weighted by Crippen LogP contribution is 2.17. The molecule has 1 aliphatic rings. The van der Waals surface area contributed by atoms with E-state index in [0.29, 0.717) is 4.48 Å². The zero-order valence-electron chi connectivity index (χ0n) is 13.2. The van der Waals surface area contributed by atoms with Crippen LogP contribution in [-0.2, 0) is 4.79 Å². The lowest BCUT2D eigenvalue weighted by Gasteiger charge is -2.30. The maximum Gasteiger partial charge on any atom is 0.198 e. The predicted octanol–water partition coefficient (Wildman–Crippen LogP) is 2.13. The standard InChI is InChI=1S/C16H30N2O2/c1-3-4-5-6-7-8-9-10-11-15-17-12-13-18(15,2)14-16(19)20/h3-14H2,1-2H3. The highest BCUT2D eigenvalue weighted by atomic mass is 16.4. The number of rotatable bonds is 11. The molecule has 0 radical (unpaired) electrons. The molecule has 1 aliphatic heterocycles. The first-order valence-electron chi connectivity index (χ1n) is 8.17. The van der Waals surface area contributed by atoms with Crippen molar-refractivity contribution in [2.75, 3.05) is 26.7 Å². The molecule has 4 heteroatoms. The van der Waals surface area contributed by atoms with E-state index in [2.05, 4.69) is 11.9 Å². The monoisotopic (exact) mass is 282 g/mol. The van der Waals surface area contributed by atoms with Crippen molar-refractivity contribution in [1.82, 2.24) is 0 Å². The number of nitrogens with zero attached hydrogens (tertiary/aromatic N) is 2. The van der Waals surface area contributed by atoms with Gasteiger partial charge in [0.25, 0.3) is 0 Å². The number of carbonyl (C=O) groups is 1. The zero-order valence-corrected chi connectivity index (χ0v) is 13.2. The second-order valence-electron chi connectivity index (χ2n) is 6.17. The first-order valence-corrected chi connectivity index (χ1v) is 8.17. The van der Waals surface area contributed by atoms with E-state index >= 15 is 0 Å². The molecule has 1 rings (SSSR count). The SMILES string of the molecule is CCCCCCCCCCC1=NCC[N+]1(C)CC(=O)[O-]. The summed E-state index contributed by atoms with van der Waals surface area (Å²) in [5.41, 5.74) is 0. The van der Waals surface area contributed by atoms with Crippen LogP contribution in [0.1, 0.15) is 64.7 Å². The molecule has 0 aromatic rings. The summed E-state index contributed by atoms with van der Waals surface area (Å²) < 4.78 is 0.457. The van der Waals surface area contributed by atoms with Crippen molar-refractivity contribution in [3.63, 3.8) is 0 Å². The fourth-order valence-electron chi connectivity index (χ4n) is 2.92. The van der Waals surface area contributed by atoms with Crippen LogP contribution in [0.25, 0.3) is 0 Å². The van der Waals surface area contributed by atoms with Gasteiger partial charge in [-0.15, -0.1) is 0 Å². The number of carboxylic acids is 1. The first kappa shape index (κ1) is 17.2. The summed E-state index contributed by atoms with van der Waals surface area (Å²) in [4.78, 5) is 15.3. The molecule has 0 N–H and O–H groups in total. The first-order chi connectivity index (χ1) is 9.58. The molecule has 116 valence electrons. The normalized spacial score (nSPS) is 22.0. The van der Waals surface area contributed by atoms with Gasteiger partial charge in [-0.3, -0.25) is 4.48 Å². The average Bonchev–Trinajstić information content (AvgIpc) is 2.72. The number of hydrogen-bond acceptors (Lipinski definition) is 3. The van der Waals surface area contributed by atoms with Crippen LogP contribution in [-0.4, -0.2) is 43.0 Å². The van der Waals surface area contributed by atoms with Crippen LogP contribution in [0.4, 0.5) is 0 Å². The minimum atomic E-state index is -0.974. The molecule has 0 saturated carbocycles. The van der Waals surface area contributed by atoms with Crippen LogP contribution in [0.15, 0.2) is 4.99 Å². The van der Waals surface area contributed by atoms with Gasteiger partial charge in [0.15, 0.2) is 5.84 Å². The predicted molar refractivity (Wildman–Crippen MR) is 80.5 cm³/mol. The van der Waals surface area contributed by atoms with Gasteiger partial charge in [0, 0.05) is 6.42 Å². The van der Waals surface area contributed by atoms with E-state index < -0.39 is 5.97 Å². The highest BCUT2D eigenvalue weighted by Gasteiger charge is 2.32. The van der Waals surface area contributed by atoms with E-state index in [1.54, 1.807) is 0 Å². The molecule has 0 aromatic heterocycles. The molecule has 0 spiro atoms. The van der Waals surface area contributed by atoms with Crippen LogP contribution < -0.4 is 5.11 Å². The van der Waals surface area contributed by atoms with E-state index in [9.17, 15) is 9.90 Å². The molecule has 1 unspecified atom stereocenters. The van der Waals surface area contributed by atoms with E-state index in [-0.39, 0.29) is 6.54 Å². The summed E-state index contributed by atoms with van der Waals surface area (Å²) in [6.07, 6.45) is 11.3. The van der Waals surface area contributed by atoms with Crippen molar-refractivity contribution >= 4 is 11.8 Å². The van der Waals surface area contributed by atoms with Crippen LogP contribution in [0.3, 0.4) is 0 Å². The third-order valence-corrected chi connectivity index (χ3v) is 4.24. The zero-order chi connectivity index (χ0) is 14.8. The lowest BCUT2D eigenvalue weighted by Crippen LogP contribution is -2.53. The summed E-state index contributed by atoms with van der Waals surface area (Å²) in [6, 6.07) is 0. The summed E-state index contributed by atoms with van der Waals surface area (Å²) in [5.74, 6) is 0.0817. The minimum absolute atomic E-state index is 0.0653. The van der Waals surface area contributed by atoms with Gasteiger partial charge < -0.3 is 9.90 Å². The summed E-state index contributed by atoms with van der Waals surface area (Å²) in [7, 11) is 1.96. The second-order valence-corrected chi connectivity index (χ2v) is 6.17. The number of hydrogen-bond donors (Lipinski definition) is 0. The molecule has 0 amide bonds. The van der Waals surface area contributed by atoms with Crippen molar-refractivity contribution in [1.29, 1.82) is 0 Å². The molecule has 0 saturated heterocycles. The Morgan fingerprint density at radius 1 is 1.15 bits per heavy atom. The Kier molecular flexibility index (Phi) is 7.82. The number of likely N-dealkylation sites (N-methyl/N-ethyl adjacent to an activating group) is 1. The number of aliphatic imine (C=N–C) groups is 1. The number of carbonyl (C=O) groups excluding carboxylic acids is 1. The van der Waals surface area contributed by atoms with Gasteiger partial charge in [0.05, 0.1) is 19.6 Å². The molecule has 1 heterocycles. The van der Waals surface area contributed by atoms with Gasteiger partial charge in [-0.05, 0) is 6.42 Å². The lowest BCUT2D eigenvalue weighted by atomic mass is 10.1. The molecule has 0 bridgehead atoms. The fraction of sp³-hybridized carbons (Fsp3) is 0.875. The minimum Gasteiger partial charge on any atom is -0.544 e. The Bertz CT molecular complexity index is 328. The summed E-state index contributed by atoms with van der Waals surface area (Å²) in [5, 5.41) is 10.8. The van der Waals surface area contributed by atoms with Crippen LogP contribution in [0.5, 0.6) is 0 Å². The third-order valence-electron chi connectivity index (χ3n) is 4.24. The van der Waals surface area contributed by atoms with Crippen molar-refractivity contribution in [3.8, 4) is 0 Å². The van der Waals surface area contributed by atoms with Gasteiger partial charge in [0.2, 0.25) is 0 Å². The number of amidine groups is 1. The van der Waals surface area contributed by atoms with Crippen LogP contribution >= 0.6 is 0 Å². The number of carboxylic acid groups (broad SMARTS) is 1. The molecular formula is C16H30N2O2. The van der Waals surface area contributed by atoms with E-state index in [1.807, 2.05) is 7.05 Å². The fourth-order valence-corrected chi connectivity index (χ4v) is 2.92. The number of aliphatic carboxylic acids is 1. The van der Waals surface area contributed by atoms with Crippen molar-refractivity contribution in [3.05, 3.63) is 0 Å². The lowest BCUT2D eigenvalue weighted by molar-refractivity contribution is -0.809. The van der Waals surface area contributed by atoms with E-state index in [4.69, 9.17) is 0 Å². The molecule has 20 heavy (non-hydrogen) atoms. The molecule has 1 atom stereocenters. The van der Waals surface area contributed by atoms with Gasteiger partial charge >= 0.3 is 0 Å². The molecule has 0 fully saturated rings. The van der Waals surface area contributed by atoms with Gasteiger partial charge in [-0.2, -0.15) is 0 Å². The van der Waals surface area contributed by atoms with Crippen LogP contribution in [0.2, 0.25) is 0 Å². The second kappa shape index (κ2) is 9.11. The summed E-state index contributed by atoms with van der Waals surface area (Å²) in [6.45, 7) is 3.87.